The van der Waals surface area contributed by atoms with Gasteiger partial charge in [-0.25, -0.2) is 8.42 Å². The Bertz CT molecular complexity index is 362. The van der Waals surface area contributed by atoms with Crippen LogP contribution in [0.15, 0.2) is 0 Å². The van der Waals surface area contributed by atoms with E-state index in [-0.39, 0.29) is 17.5 Å². The van der Waals surface area contributed by atoms with Gasteiger partial charge >= 0.3 is 0 Å². The number of nitrogens with zero attached hydrogens (tertiary/aromatic N) is 1. The largest absolute Gasteiger partial charge is 0.388 e. The maximum atomic E-state index is 11.4. The van der Waals surface area contributed by atoms with Crippen molar-refractivity contribution >= 4 is 9.84 Å². The molecule has 17 heavy (non-hydrogen) atoms. The Morgan fingerprint density at radius 3 is 2.59 bits per heavy atom. The second-order valence-corrected chi connectivity index (χ2v) is 7.54. The molecule has 1 N–H and O–H groups in total. The van der Waals surface area contributed by atoms with Crippen LogP contribution in [-0.2, 0) is 14.6 Å². The Labute approximate surface area is 103 Å². The van der Waals surface area contributed by atoms with Gasteiger partial charge in [0.25, 0.3) is 0 Å². The summed E-state index contributed by atoms with van der Waals surface area (Å²) in [5, 5.41) is 10.4. The summed E-state index contributed by atoms with van der Waals surface area (Å²) in [6.45, 7) is 1.72. The van der Waals surface area contributed by atoms with Crippen LogP contribution < -0.4 is 0 Å². The third-order valence-corrected chi connectivity index (χ3v) is 5.55. The first-order valence-corrected chi connectivity index (χ1v) is 7.93. The Balaban J connectivity index is 1.90. The predicted octanol–water partition coefficient (Wildman–Crippen LogP) is -0.353. The van der Waals surface area contributed by atoms with Gasteiger partial charge in [0.2, 0.25) is 0 Å². The summed E-state index contributed by atoms with van der Waals surface area (Å²) in [7, 11) is -0.947. The molecule has 0 aromatic heterocycles. The Morgan fingerprint density at radius 2 is 2.06 bits per heavy atom. The van der Waals surface area contributed by atoms with E-state index in [1.807, 2.05) is 11.9 Å². The molecule has 1 unspecified atom stereocenters. The molecule has 2 fully saturated rings. The van der Waals surface area contributed by atoms with Gasteiger partial charge in [0, 0.05) is 38.6 Å². The number of likely N-dealkylation sites (N-methyl/N-ethyl adjacent to an activating group) is 1. The highest BCUT2D eigenvalue weighted by molar-refractivity contribution is 7.91. The molecule has 0 spiro atoms. The normalized spacial score (nSPS) is 31.8. The molecule has 6 heteroatoms. The smallest absolute Gasteiger partial charge is 0.151 e. The van der Waals surface area contributed by atoms with Crippen molar-refractivity contribution in [2.75, 3.05) is 38.3 Å². The van der Waals surface area contributed by atoms with Crippen molar-refractivity contribution in [3.63, 3.8) is 0 Å². The summed E-state index contributed by atoms with van der Waals surface area (Å²) in [6, 6.07) is 0.0619. The summed E-state index contributed by atoms with van der Waals surface area (Å²) in [6.07, 6.45) is 1.96. The zero-order valence-corrected chi connectivity index (χ0v) is 11.1. The molecule has 2 aliphatic rings. The van der Waals surface area contributed by atoms with Crippen molar-refractivity contribution in [2.45, 2.75) is 30.9 Å². The second kappa shape index (κ2) is 4.84. The van der Waals surface area contributed by atoms with Crippen LogP contribution in [0, 0.1) is 0 Å². The molecule has 0 saturated carbocycles. The summed E-state index contributed by atoms with van der Waals surface area (Å²) in [5.41, 5.74) is -0.709. The van der Waals surface area contributed by atoms with E-state index in [1.54, 1.807) is 0 Å². The molecule has 0 aromatic carbocycles. The average molecular weight is 263 g/mol. The molecular formula is C11H21NO4S. The Morgan fingerprint density at radius 1 is 1.41 bits per heavy atom. The van der Waals surface area contributed by atoms with Gasteiger partial charge in [-0.3, -0.25) is 4.90 Å². The zero-order chi connectivity index (χ0) is 12.5. The van der Waals surface area contributed by atoms with Crippen molar-refractivity contribution in [2.24, 2.45) is 0 Å². The van der Waals surface area contributed by atoms with E-state index in [2.05, 4.69) is 0 Å². The van der Waals surface area contributed by atoms with Crippen molar-refractivity contribution in [1.82, 2.24) is 4.90 Å². The maximum absolute atomic E-state index is 11.4. The fraction of sp³-hybridized carbons (Fsp3) is 1.00. The van der Waals surface area contributed by atoms with Gasteiger partial charge in [-0.1, -0.05) is 0 Å². The van der Waals surface area contributed by atoms with Gasteiger partial charge in [-0.15, -0.1) is 0 Å². The molecule has 0 aliphatic carbocycles. The quantitative estimate of drug-likeness (QED) is 0.753. The molecule has 0 aromatic rings. The number of ether oxygens (including phenoxy) is 1. The van der Waals surface area contributed by atoms with Crippen molar-refractivity contribution in [3.05, 3.63) is 0 Å². The van der Waals surface area contributed by atoms with E-state index in [4.69, 9.17) is 4.74 Å². The van der Waals surface area contributed by atoms with Crippen LogP contribution in [0.2, 0.25) is 0 Å². The summed E-state index contributed by atoms with van der Waals surface area (Å²) in [5.74, 6) is 0.514. The molecular weight excluding hydrogens is 242 g/mol. The molecule has 0 amide bonds. The summed E-state index contributed by atoms with van der Waals surface area (Å²) < 4.78 is 28.0. The SMILES string of the molecule is CN(CC1(O)CCOCC1)C1CCS(=O)(=O)C1. The van der Waals surface area contributed by atoms with Crippen LogP contribution in [0.4, 0.5) is 0 Å². The van der Waals surface area contributed by atoms with E-state index in [0.717, 1.165) is 0 Å². The molecule has 0 radical (unpaired) electrons. The standard InChI is InChI=1S/C11H21NO4S/c1-12(10-2-7-17(14,15)8-10)9-11(13)3-5-16-6-4-11/h10,13H,2-9H2,1H3. The first-order valence-electron chi connectivity index (χ1n) is 6.11. The van der Waals surface area contributed by atoms with Gasteiger partial charge in [0.15, 0.2) is 9.84 Å². The lowest BCUT2D eigenvalue weighted by atomic mass is 9.93. The highest BCUT2D eigenvalue weighted by Crippen LogP contribution is 2.24. The fourth-order valence-corrected chi connectivity index (χ4v) is 4.43. The van der Waals surface area contributed by atoms with Crippen molar-refractivity contribution in [3.8, 4) is 0 Å². The van der Waals surface area contributed by atoms with Crippen molar-refractivity contribution < 1.29 is 18.3 Å². The van der Waals surface area contributed by atoms with Crippen LogP contribution in [0.1, 0.15) is 19.3 Å². The van der Waals surface area contributed by atoms with E-state index in [9.17, 15) is 13.5 Å². The maximum Gasteiger partial charge on any atom is 0.151 e. The highest BCUT2D eigenvalue weighted by Gasteiger charge is 2.36. The number of sulfone groups is 1. The van der Waals surface area contributed by atoms with Gasteiger partial charge in [0.05, 0.1) is 17.1 Å². The minimum absolute atomic E-state index is 0.0619. The molecule has 1 atom stereocenters. The number of hydrogen-bond acceptors (Lipinski definition) is 5. The molecule has 2 aliphatic heterocycles. The van der Waals surface area contributed by atoms with Crippen LogP contribution in [0.3, 0.4) is 0 Å². The molecule has 2 saturated heterocycles. The molecule has 2 rings (SSSR count). The molecule has 0 bridgehead atoms. The third-order valence-electron chi connectivity index (χ3n) is 3.80. The lowest BCUT2D eigenvalue weighted by Crippen LogP contribution is -2.48. The first kappa shape index (κ1) is 13.3. The van der Waals surface area contributed by atoms with Gasteiger partial charge < -0.3 is 9.84 Å². The second-order valence-electron chi connectivity index (χ2n) is 5.31. The van der Waals surface area contributed by atoms with E-state index in [0.29, 0.717) is 39.0 Å². The highest BCUT2D eigenvalue weighted by atomic mass is 32.2. The van der Waals surface area contributed by atoms with Crippen LogP contribution >= 0.6 is 0 Å². The van der Waals surface area contributed by atoms with E-state index < -0.39 is 15.4 Å². The number of aliphatic hydroxyl groups is 1. The third kappa shape index (κ3) is 3.40. The number of rotatable bonds is 3. The summed E-state index contributed by atoms with van der Waals surface area (Å²) in [4.78, 5) is 2.00. The van der Waals surface area contributed by atoms with Crippen LogP contribution in [0.25, 0.3) is 0 Å². The topological polar surface area (TPSA) is 66.8 Å². The van der Waals surface area contributed by atoms with Crippen molar-refractivity contribution in [1.29, 1.82) is 0 Å². The summed E-state index contributed by atoms with van der Waals surface area (Å²) >= 11 is 0. The van der Waals surface area contributed by atoms with Crippen LogP contribution in [-0.4, -0.2) is 68.4 Å². The van der Waals surface area contributed by atoms with E-state index in [1.165, 1.54) is 0 Å². The average Bonchev–Trinajstić information content (AvgIpc) is 2.59. The van der Waals surface area contributed by atoms with Crippen LogP contribution in [0.5, 0.6) is 0 Å². The Kier molecular flexibility index (Phi) is 3.77. The predicted molar refractivity (Wildman–Crippen MR) is 64.7 cm³/mol. The molecule has 100 valence electrons. The minimum Gasteiger partial charge on any atom is -0.388 e. The lowest BCUT2D eigenvalue weighted by Gasteiger charge is -2.37. The number of hydrogen-bond donors (Lipinski definition) is 1. The van der Waals surface area contributed by atoms with Gasteiger partial charge in [-0.2, -0.15) is 0 Å². The first-order chi connectivity index (χ1) is 7.90. The molecule has 5 nitrogen and oxygen atoms in total. The molecule has 2 heterocycles. The minimum atomic E-state index is -2.85. The monoisotopic (exact) mass is 263 g/mol. The fourth-order valence-electron chi connectivity index (χ4n) is 2.63. The van der Waals surface area contributed by atoms with Gasteiger partial charge in [-0.05, 0) is 13.5 Å². The van der Waals surface area contributed by atoms with E-state index >= 15 is 0 Å². The Hall–Kier alpha value is -0.170. The van der Waals surface area contributed by atoms with Gasteiger partial charge in [0.1, 0.15) is 0 Å². The lowest BCUT2D eigenvalue weighted by molar-refractivity contribution is -0.0803. The zero-order valence-electron chi connectivity index (χ0n) is 10.3.